The van der Waals surface area contributed by atoms with Gasteiger partial charge in [0.15, 0.2) is 0 Å². The molecular weight excluding hydrogens is 529 g/mol. The molecule has 5 rings (SSSR count). The molecule has 4 aromatic rings. The van der Waals surface area contributed by atoms with Crippen LogP contribution in [0.15, 0.2) is 67.3 Å². The van der Waals surface area contributed by atoms with Crippen LogP contribution in [0.5, 0.6) is 0 Å². The molecular formula is C31H29ClFN5O2. The number of halogens is 2. The molecule has 1 saturated heterocycles. The third-order valence-corrected chi connectivity index (χ3v) is 7.43. The molecule has 3 heterocycles. The van der Waals surface area contributed by atoms with Crippen LogP contribution in [0.25, 0.3) is 33.3 Å². The van der Waals surface area contributed by atoms with E-state index in [2.05, 4.69) is 13.5 Å². The van der Waals surface area contributed by atoms with Crippen molar-refractivity contribution in [2.45, 2.75) is 19.8 Å². The van der Waals surface area contributed by atoms with Crippen LogP contribution in [0.3, 0.4) is 0 Å². The van der Waals surface area contributed by atoms with E-state index in [4.69, 9.17) is 27.3 Å². The maximum absolute atomic E-state index is 14.9. The minimum atomic E-state index is -0.700. The number of aryl methyl sites for hydroxylation is 1. The Hall–Kier alpha value is -4.30. The molecule has 0 bridgehead atoms. The first kappa shape index (κ1) is 27.3. The third-order valence-electron chi connectivity index (χ3n) is 7.14. The molecule has 2 amide bonds. The van der Waals surface area contributed by atoms with Crippen LogP contribution in [-0.4, -0.2) is 52.9 Å². The lowest BCUT2D eigenvalue weighted by atomic mass is 9.93. The Balaban J connectivity index is 1.80. The van der Waals surface area contributed by atoms with Crippen molar-refractivity contribution in [3.63, 3.8) is 0 Å². The normalized spacial score (nSPS) is 13.5. The summed E-state index contributed by atoms with van der Waals surface area (Å²) in [4.78, 5) is 38.5. The van der Waals surface area contributed by atoms with E-state index in [0.717, 1.165) is 24.0 Å². The van der Waals surface area contributed by atoms with Crippen molar-refractivity contribution in [1.29, 1.82) is 0 Å². The quantitative estimate of drug-likeness (QED) is 0.297. The summed E-state index contributed by atoms with van der Waals surface area (Å²) in [6.45, 7) is 7.50. The van der Waals surface area contributed by atoms with Crippen LogP contribution in [0.4, 0.5) is 10.2 Å². The predicted octanol–water partition coefficient (Wildman–Crippen LogP) is 5.64. The summed E-state index contributed by atoms with van der Waals surface area (Å²) in [6.07, 6.45) is 2.95. The highest BCUT2D eigenvalue weighted by Crippen LogP contribution is 2.41. The second-order valence-electron chi connectivity index (χ2n) is 9.64. The maximum Gasteiger partial charge on any atom is 0.268 e. The summed E-state index contributed by atoms with van der Waals surface area (Å²) in [5.74, 6) is -0.816. The highest BCUT2D eigenvalue weighted by atomic mass is 35.5. The zero-order valence-corrected chi connectivity index (χ0v) is 22.9. The van der Waals surface area contributed by atoms with Crippen molar-refractivity contribution >= 4 is 40.1 Å². The van der Waals surface area contributed by atoms with Gasteiger partial charge in [-0.25, -0.2) is 14.4 Å². The second kappa shape index (κ2) is 11.4. The Morgan fingerprint density at radius 2 is 1.73 bits per heavy atom. The number of carbonyl (C=O) groups is 2. The first-order valence-electron chi connectivity index (χ1n) is 13.2. The van der Waals surface area contributed by atoms with E-state index >= 15 is 0 Å². The molecule has 0 radical (unpaired) electrons. The van der Waals surface area contributed by atoms with Gasteiger partial charge in [-0.2, -0.15) is 0 Å². The van der Waals surface area contributed by atoms with E-state index in [0.29, 0.717) is 48.5 Å². The lowest BCUT2D eigenvalue weighted by molar-refractivity contribution is -0.126. The minimum absolute atomic E-state index is 0.0740. The first-order chi connectivity index (χ1) is 19.3. The summed E-state index contributed by atoms with van der Waals surface area (Å²) < 4.78 is 14.9. The van der Waals surface area contributed by atoms with Crippen LogP contribution in [0.1, 0.15) is 29.4 Å². The summed E-state index contributed by atoms with van der Waals surface area (Å²) in [5, 5.41) is 0.862. The molecule has 1 fully saturated rings. The molecule has 1 aliphatic rings. The van der Waals surface area contributed by atoms with Gasteiger partial charge in [0, 0.05) is 42.7 Å². The van der Waals surface area contributed by atoms with E-state index in [1.807, 2.05) is 29.2 Å². The van der Waals surface area contributed by atoms with Gasteiger partial charge in [-0.3, -0.25) is 9.59 Å². The minimum Gasteiger partial charge on any atom is -0.364 e. The standard InChI is InChI=1S/C31H29ClFN5O2/c1-3-9-19-10-5-6-11-20(19)26-28-22(18-23(32)27(35-28)21-12-7-8-13-24(21)33)31(36-29(26)30(34)40)38-16-14-37(15-17-38)25(39)4-2/h4-8,10-13,18H,2-3,9,14-17H2,1H3,(H2,34,40). The molecule has 7 nitrogen and oxygen atoms in total. The van der Waals surface area contributed by atoms with Crippen LogP contribution >= 0.6 is 11.6 Å². The Bertz CT molecular complexity index is 1630. The maximum atomic E-state index is 14.9. The van der Waals surface area contributed by atoms with Crippen molar-refractivity contribution in [1.82, 2.24) is 14.9 Å². The number of aromatic nitrogens is 2. The zero-order valence-electron chi connectivity index (χ0n) is 22.2. The van der Waals surface area contributed by atoms with Gasteiger partial charge in [0.1, 0.15) is 17.3 Å². The number of nitrogens with zero attached hydrogens (tertiary/aromatic N) is 4. The van der Waals surface area contributed by atoms with Gasteiger partial charge in [-0.05, 0) is 41.8 Å². The number of carbonyl (C=O) groups excluding carboxylic acids is 2. The highest BCUT2D eigenvalue weighted by Gasteiger charge is 2.28. The number of hydrogen-bond donors (Lipinski definition) is 1. The molecule has 0 aliphatic carbocycles. The summed E-state index contributed by atoms with van der Waals surface area (Å²) >= 11 is 6.75. The fraction of sp³-hybridized carbons (Fsp3) is 0.226. The average Bonchev–Trinajstić information content (AvgIpc) is 2.96. The van der Waals surface area contributed by atoms with Crippen LogP contribution in [0.2, 0.25) is 5.02 Å². The van der Waals surface area contributed by atoms with Gasteiger partial charge in [-0.1, -0.05) is 67.9 Å². The Labute approximate surface area is 237 Å². The van der Waals surface area contributed by atoms with Crippen molar-refractivity contribution < 1.29 is 14.0 Å². The number of fused-ring (bicyclic) bond motifs is 1. The smallest absolute Gasteiger partial charge is 0.268 e. The van der Waals surface area contributed by atoms with Crippen LogP contribution in [-0.2, 0) is 11.2 Å². The molecule has 0 atom stereocenters. The molecule has 9 heteroatoms. The molecule has 204 valence electrons. The first-order valence-corrected chi connectivity index (χ1v) is 13.5. The lowest BCUT2D eigenvalue weighted by Gasteiger charge is -2.35. The number of primary amides is 1. The van der Waals surface area contributed by atoms with Gasteiger partial charge in [0.2, 0.25) is 5.91 Å². The Morgan fingerprint density at radius 3 is 2.38 bits per heavy atom. The van der Waals surface area contributed by atoms with Crippen LogP contribution in [0, 0.1) is 5.82 Å². The van der Waals surface area contributed by atoms with E-state index in [1.165, 1.54) is 12.1 Å². The van der Waals surface area contributed by atoms with Crippen molar-refractivity contribution in [3.05, 3.63) is 89.3 Å². The van der Waals surface area contributed by atoms with E-state index in [-0.39, 0.29) is 27.9 Å². The largest absolute Gasteiger partial charge is 0.364 e. The molecule has 0 saturated carbocycles. The third kappa shape index (κ3) is 5.02. The number of benzene rings is 2. The molecule has 2 aromatic carbocycles. The number of piperazine rings is 1. The van der Waals surface area contributed by atoms with E-state index < -0.39 is 11.7 Å². The second-order valence-corrected chi connectivity index (χ2v) is 10.0. The topological polar surface area (TPSA) is 92.4 Å². The highest BCUT2D eigenvalue weighted by molar-refractivity contribution is 6.34. The molecule has 1 aliphatic heterocycles. The number of rotatable bonds is 7. The number of hydrogen-bond acceptors (Lipinski definition) is 5. The fourth-order valence-corrected chi connectivity index (χ4v) is 5.47. The fourth-order valence-electron chi connectivity index (χ4n) is 5.22. The molecule has 0 unspecified atom stereocenters. The summed E-state index contributed by atoms with van der Waals surface area (Å²) in [6, 6.07) is 15.8. The van der Waals surface area contributed by atoms with Crippen molar-refractivity contribution in [2.24, 2.45) is 5.73 Å². The zero-order chi connectivity index (χ0) is 28.4. The molecule has 2 N–H and O–H groups in total. The molecule has 0 spiro atoms. The van der Waals surface area contributed by atoms with Gasteiger partial charge in [0.05, 0.1) is 16.2 Å². The SMILES string of the molecule is C=CC(=O)N1CCN(c2nc(C(N)=O)c(-c3ccccc3CCC)c3nc(-c4ccccc4F)c(Cl)cc23)CC1. The van der Waals surface area contributed by atoms with Gasteiger partial charge >= 0.3 is 0 Å². The summed E-state index contributed by atoms with van der Waals surface area (Å²) in [7, 11) is 0. The van der Waals surface area contributed by atoms with Gasteiger partial charge in [-0.15, -0.1) is 0 Å². The number of nitrogens with two attached hydrogens (primary N) is 1. The van der Waals surface area contributed by atoms with Gasteiger partial charge in [0.25, 0.3) is 5.91 Å². The number of anilines is 1. The average molecular weight is 558 g/mol. The molecule has 40 heavy (non-hydrogen) atoms. The predicted molar refractivity (Wildman–Crippen MR) is 157 cm³/mol. The number of amides is 2. The summed E-state index contributed by atoms with van der Waals surface area (Å²) in [5.41, 5.74) is 9.28. The van der Waals surface area contributed by atoms with Crippen molar-refractivity contribution in [2.75, 3.05) is 31.1 Å². The molecule has 2 aromatic heterocycles. The van der Waals surface area contributed by atoms with Crippen LogP contribution < -0.4 is 10.6 Å². The van der Waals surface area contributed by atoms with E-state index in [9.17, 15) is 14.0 Å². The lowest BCUT2D eigenvalue weighted by Crippen LogP contribution is -2.48. The Morgan fingerprint density at radius 1 is 1.05 bits per heavy atom. The van der Waals surface area contributed by atoms with E-state index in [1.54, 1.807) is 29.2 Å². The van der Waals surface area contributed by atoms with Crippen molar-refractivity contribution in [3.8, 4) is 22.4 Å². The van der Waals surface area contributed by atoms with Gasteiger partial charge < -0.3 is 15.5 Å². The number of pyridine rings is 2. The Kier molecular flexibility index (Phi) is 7.80. The monoisotopic (exact) mass is 557 g/mol.